The Bertz CT molecular complexity index is 796. The summed E-state index contributed by atoms with van der Waals surface area (Å²) in [5.41, 5.74) is 0.426. The van der Waals surface area contributed by atoms with Crippen LogP contribution < -0.4 is 15.4 Å². The Morgan fingerprint density at radius 3 is 2.50 bits per heavy atom. The molecule has 2 aromatic rings. The average molecular weight is 366 g/mol. The molecule has 1 amide bonds. The van der Waals surface area contributed by atoms with Crippen molar-refractivity contribution in [3.05, 3.63) is 63.2 Å². The lowest BCUT2D eigenvalue weighted by Crippen LogP contribution is -2.34. The highest BCUT2D eigenvalue weighted by Gasteiger charge is 2.18. The lowest BCUT2D eigenvalue weighted by Gasteiger charge is -2.10. The van der Waals surface area contributed by atoms with E-state index >= 15 is 0 Å². The highest BCUT2D eigenvalue weighted by Crippen LogP contribution is 2.27. The van der Waals surface area contributed by atoms with Gasteiger partial charge in [0.15, 0.2) is 10.9 Å². The maximum atomic E-state index is 12.2. The molecule has 0 bridgehead atoms. The van der Waals surface area contributed by atoms with Crippen molar-refractivity contribution in [3.63, 3.8) is 0 Å². The van der Waals surface area contributed by atoms with Crippen molar-refractivity contribution < 1.29 is 14.5 Å². The molecule has 0 unspecified atom stereocenters. The van der Waals surface area contributed by atoms with Crippen LogP contribution >= 0.6 is 23.8 Å². The van der Waals surface area contributed by atoms with E-state index in [0.29, 0.717) is 10.7 Å². The van der Waals surface area contributed by atoms with E-state index < -0.39 is 10.8 Å². The number of methoxy groups -OCH3 is 1. The van der Waals surface area contributed by atoms with Crippen molar-refractivity contribution in [1.29, 1.82) is 0 Å². The van der Waals surface area contributed by atoms with E-state index in [1.165, 1.54) is 19.2 Å². The highest BCUT2D eigenvalue weighted by molar-refractivity contribution is 7.80. The second kappa shape index (κ2) is 7.71. The molecule has 0 aromatic heterocycles. The van der Waals surface area contributed by atoms with Gasteiger partial charge in [0, 0.05) is 22.3 Å². The van der Waals surface area contributed by atoms with Crippen LogP contribution in [0, 0.1) is 10.1 Å². The zero-order valence-corrected chi connectivity index (χ0v) is 14.0. The van der Waals surface area contributed by atoms with Crippen LogP contribution in [0.15, 0.2) is 42.5 Å². The molecule has 0 aliphatic rings. The van der Waals surface area contributed by atoms with Gasteiger partial charge >= 0.3 is 5.69 Å². The van der Waals surface area contributed by atoms with Crippen LogP contribution in [0.1, 0.15) is 10.4 Å². The van der Waals surface area contributed by atoms with Crippen LogP contribution in [-0.4, -0.2) is 23.1 Å². The number of nitrogens with one attached hydrogen (secondary N) is 2. The molecule has 2 aromatic carbocycles. The molecule has 9 heteroatoms. The van der Waals surface area contributed by atoms with Gasteiger partial charge in [-0.15, -0.1) is 0 Å². The first-order valence-corrected chi connectivity index (χ1v) is 7.39. The van der Waals surface area contributed by atoms with Crippen LogP contribution in [0.25, 0.3) is 0 Å². The Balaban J connectivity index is 2.08. The zero-order chi connectivity index (χ0) is 17.7. The molecule has 0 spiro atoms. The molecule has 0 radical (unpaired) electrons. The summed E-state index contributed by atoms with van der Waals surface area (Å²) in [5, 5.41) is 16.9. The van der Waals surface area contributed by atoms with E-state index in [1.807, 2.05) is 0 Å². The lowest BCUT2D eigenvalue weighted by molar-refractivity contribution is -0.385. The molecule has 24 heavy (non-hydrogen) atoms. The second-order valence-electron chi connectivity index (χ2n) is 4.56. The van der Waals surface area contributed by atoms with Gasteiger partial charge in [-0.25, -0.2) is 0 Å². The summed E-state index contributed by atoms with van der Waals surface area (Å²) in [5.74, 6) is -0.509. The smallest absolute Gasteiger partial charge is 0.311 e. The number of hydrogen-bond acceptors (Lipinski definition) is 5. The first-order valence-electron chi connectivity index (χ1n) is 6.61. The van der Waals surface area contributed by atoms with Gasteiger partial charge < -0.3 is 10.1 Å². The fraction of sp³-hybridized carbons (Fsp3) is 0.0667. The number of carbonyl (C=O) groups is 1. The van der Waals surface area contributed by atoms with Crippen LogP contribution in [0.2, 0.25) is 5.02 Å². The molecule has 0 heterocycles. The largest absolute Gasteiger partial charge is 0.490 e. The number of amides is 1. The van der Waals surface area contributed by atoms with Crippen molar-refractivity contribution in [2.24, 2.45) is 0 Å². The van der Waals surface area contributed by atoms with Crippen LogP contribution in [0.4, 0.5) is 11.4 Å². The number of carbonyl (C=O) groups excluding carboxylic acids is 1. The van der Waals surface area contributed by atoms with E-state index in [9.17, 15) is 14.9 Å². The number of thiocarbonyl (C=S) groups is 1. The molecular weight excluding hydrogens is 354 g/mol. The Kier molecular flexibility index (Phi) is 5.67. The first-order chi connectivity index (χ1) is 11.4. The van der Waals surface area contributed by atoms with Crippen molar-refractivity contribution in [3.8, 4) is 5.75 Å². The third-order valence-electron chi connectivity index (χ3n) is 2.97. The van der Waals surface area contributed by atoms with E-state index in [-0.39, 0.29) is 22.1 Å². The summed E-state index contributed by atoms with van der Waals surface area (Å²) < 4.78 is 4.89. The maximum Gasteiger partial charge on any atom is 0.311 e. The minimum Gasteiger partial charge on any atom is -0.490 e. The number of halogens is 1. The second-order valence-corrected chi connectivity index (χ2v) is 5.40. The van der Waals surface area contributed by atoms with Gasteiger partial charge in [0.1, 0.15) is 0 Å². The predicted molar refractivity (Wildman–Crippen MR) is 94.8 cm³/mol. The number of hydrogen-bond donors (Lipinski definition) is 2. The molecule has 0 aliphatic carbocycles. The third kappa shape index (κ3) is 4.40. The zero-order valence-electron chi connectivity index (χ0n) is 12.4. The van der Waals surface area contributed by atoms with E-state index in [2.05, 4.69) is 10.6 Å². The number of benzene rings is 2. The van der Waals surface area contributed by atoms with Crippen molar-refractivity contribution in [2.75, 3.05) is 12.4 Å². The molecule has 124 valence electrons. The highest BCUT2D eigenvalue weighted by atomic mass is 35.5. The Labute approximate surface area is 147 Å². The summed E-state index contributed by atoms with van der Waals surface area (Å²) in [7, 11) is 1.31. The normalized spacial score (nSPS) is 9.92. The van der Waals surface area contributed by atoms with Gasteiger partial charge in [0.2, 0.25) is 0 Å². The number of ether oxygens (including phenoxy) is 1. The summed E-state index contributed by atoms with van der Waals surface area (Å²) in [6.45, 7) is 0. The number of nitro benzene ring substituents is 1. The fourth-order valence-corrected chi connectivity index (χ4v) is 2.18. The van der Waals surface area contributed by atoms with Crippen LogP contribution in [0.3, 0.4) is 0 Å². The number of nitrogens with zero attached hydrogens (tertiary/aromatic N) is 1. The topological polar surface area (TPSA) is 93.5 Å². The molecule has 0 saturated heterocycles. The third-order valence-corrected chi connectivity index (χ3v) is 3.42. The Morgan fingerprint density at radius 2 is 1.92 bits per heavy atom. The number of anilines is 1. The van der Waals surface area contributed by atoms with Gasteiger partial charge in [-0.3, -0.25) is 20.2 Å². The quantitative estimate of drug-likeness (QED) is 0.490. The van der Waals surface area contributed by atoms with Crippen LogP contribution in [0.5, 0.6) is 5.75 Å². The molecule has 2 N–H and O–H groups in total. The van der Waals surface area contributed by atoms with Crippen molar-refractivity contribution in [1.82, 2.24) is 5.32 Å². The van der Waals surface area contributed by atoms with Gasteiger partial charge in [0.25, 0.3) is 5.91 Å². The maximum absolute atomic E-state index is 12.2. The average Bonchev–Trinajstić information content (AvgIpc) is 2.56. The summed E-state index contributed by atoms with van der Waals surface area (Å²) in [4.78, 5) is 22.5. The summed E-state index contributed by atoms with van der Waals surface area (Å²) in [6.07, 6.45) is 0. The molecule has 0 atom stereocenters. The van der Waals surface area contributed by atoms with Gasteiger partial charge in [-0.2, -0.15) is 0 Å². The molecule has 0 fully saturated rings. The van der Waals surface area contributed by atoms with Crippen molar-refractivity contribution >= 4 is 46.2 Å². The van der Waals surface area contributed by atoms with E-state index in [0.717, 1.165) is 6.07 Å². The molecule has 0 saturated carbocycles. The molecule has 7 nitrogen and oxygen atoms in total. The van der Waals surface area contributed by atoms with Crippen LogP contribution in [-0.2, 0) is 0 Å². The Hall–Kier alpha value is -2.71. The Morgan fingerprint density at radius 1 is 1.25 bits per heavy atom. The number of nitro groups is 1. The number of rotatable bonds is 4. The van der Waals surface area contributed by atoms with Gasteiger partial charge in [-0.1, -0.05) is 11.6 Å². The monoisotopic (exact) mass is 365 g/mol. The summed E-state index contributed by atoms with van der Waals surface area (Å²) >= 11 is 10.8. The molecular formula is C15H12ClN3O4S. The van der Waals surface area contributed by atoms with E-state index in [1.54, 1.807) is 24.3 Å². The lowest BCUT2D eigenvalue weighted by atomic mass is 10.2. The van der Waals surface area contributed by atoms with Crippen molar-refractivity contribution in [2.45, 2.75) is 0 Å². The standard InChI is InChI=1S/C15H12ClN3O4S/c1-23-13-7-2-9(8-12(13)19(21)22)14(20)18-15(24)17-11-5-3-10(16)4-6-11/h2-8H,1H3,(H2,17,18,20,24). The van der Waals surface area contributed by atoms with Gasteiger partial charge in [0.05, 0.1) is 12.0 Å². The first kappa shape index (κ1) is 17.6. The van der Waals surface area contributed by atoms with Gasteiger partial charge in [-0.05, 0) is 48.6 Å². The fourth-order valence-electron chi connectivity index (χ4n) is 1.84. The summed E-state index contributed by atoms with van der Waals surface area (Å²) in [6, 6.07) is 10.6. The molecule has 0 aliphatic heterocycles. The van der Waals surface area contributed by atoms with E-state index in [4.69, 9.17) is 28.6 Å². The minimum absolute atomic E-state index is 0.0563. The SMILES string of the molecule is COc1ccc(C(=O)NC(=S)Nc2ccc(Cl)cc2)cc1[N+](=O)[O-]. The predicted octanol–water partition coefficient (Wildman–Crippen LogP) is 3.38. The minimum atomic E-state index is -0.625. The molecule has 2 rings (SSSR count).